The Morgan fingerprint density at radius 1 is 1.04 bits per heavy atom. The molecule has 1 aromatic carbocycles. The summed E-state index contributed by atoms with van der Waals surface area (Å²) in [6.45, 7) is 10.4. The third kappa shape index (κ3) is 4.80. The summed E-state index contributed by atoms with van der Waals surface area (Å²) in [6.07, 6.45) is 0.569. The maximum atomic E-state index is 9.82. The summed E-state index contributed by atoms with van der Waals surface area (Å²) in [4.78, 5) is 4.93. The lowest BCUT2D eigenvalue weighted by atomic mass is 9.96. The van der Waals surface area contributed by atoms with Gasteiger partial charge in [0.2, 0.25) is 0 Å². The molecule has 0 aliphatic carbocycles. The fourth-order valence-electron chi connectivity index (χ4n) is 4.29. The molecular weight excluding hydrogens is 314 g/mol. The lowest BCUT2D eigenvalue weighted by molar-refractivity contribution is -0.0727. The van der Waals surface area contributed by atoms with Crippen LogP contribution in [0.2, 0.25) is 0 Å². The third-order valence-electron chi connectivity index (χ3n) is 5.36. The number of ether oxygens (including phenoxy) is 1. The Morgan fingerprint density at radius 3 is 2.28 bits per heavy atom. The first-order valence-corrected chi connectivity index (χ1v) is 9.27. The van der Waals surface area contributed by atoms with Crippen molar-refractivity contribution in [3.63, 3.8) is 0 Å². The number of nitrogens with zero attached hydrogens (tertiary/aromatic N) is 3. The van der Waals surface area contributed by atoms with Gasteiger partial charge in [0, 0.05) is 45.9 Å². The van der Waals surface area contributed by atoms with E-state index < -0.39 is 0 Å². The van der Waals surface area contributed by atoms with Crippen LogP contribution in [0.5, 0.6) is 0 Å². The molecule has 2 aliphatic rings. The predicted octanol–water partition coefficient (Wildman–Crippen LogP) is 1.71. The van der Waals surface area contributed by atoms with Crippen molar-refractivity contribution in [3.8, 4) is 6.07 Å². The van der Waals surface area contributed by atoms with E-state index in [4.69, 9.17) is 10.00 Å². The molecule has 0 unspecified atom stereocenters. The molecular formula is C20H29N3O2. The molecule has 5 nitrogen and oxygen atoms in total. The van der Waals surface area contributed by atoms with E-state index in [2.05, 4.69) is 29.7 Å². The summed E-state index contributed by atoms with van der Waals surface area (Å²) in [6, 6.07) is 9.98. The zero-order valence-electron chi connectivity index (χ0n) is 15.3. The quantitative estimate of drug-likeness (QED) is 0.882. The molecule has 136 valence electrons. The van der Waals surface area contributed by atoms with Crippen LogP contribution >= 0.6 is 0 Å². The Labute approximate surface area is 150 Å². The molecule has 4 atom stereocenters. The number of hydrogen-bond acceptors (Lipinski definition) is 5. The topological polar surface area (TPSA) is 59.7 Å². The minimum atomic E-state index is 0.254. The van der Waals surface area contributed by atoms with Gasteiger partial charge < -0.3 is 9.84 Å². The zero-order chi connectivity index (χ0) is 17.8. The summed E-state index contributed by atoms with van der Waals surface area (Å²) < 4.78 is 5.83. The minimum absolute atomic E-state index is 0.254. The Balaban J connectivity index is 1.57. The molecule has 2 saturated heterocycles. The molecule has 5 heteroatoms. The van der Waals surface area contributed by atoms with Gasteiger partial charge in [-0.1, -0.05) is 12.1 Å². The lowest BCUT2D eigenvalue weighted by Gasteiger charge is -2.37. The van der Waals surface area contributed by atoms with Crippen LogP contribution in [0, 0.1) is 23.2 Å². The van der Waals surface area contributed by atoms with Crippen molar-refractivity contribution >= 4 is 0 Å². The van der Waals surface area contributed by atoms with Gasteiger partial charge in [-0.25, -0.2) is 0 Å². The number of aliphatic hydroxyl groups is 1. The van der Waals surface area contributed by atoms with E-state index in [-0.39, 0.29) is 18.8 Å². The van der Waals surface area contributed by atoms with E-state index >= 15 is 0 Å². The smallest absolute Gasteiger partial charge is 0.0991 e. The number of rotatable bonds is 5. The Hall–Kier alpha value is -1.45. The van der Waals surface area contributed by atoms with E-state index in [1.165, 1.54) is 5.56 Å². The maximum Gasteiger partial charge on any atom is 0.0991 e. The van der Waals surface area contributed by atoms with Gasteiger partial charge in [-0.3, -0.25) is 9.80 Å². The normalized spacial score (nSPS) is 31.1. The second-order valence-electron chi connectivity index (χ2n) is 7.68. The van der Waals surface area contributed by atoms with Crippen molar-refractivity contribution in [2.24, 2.45) is 11.8 Å². The maximum absolute atomic E-state index is 9.82. The molecule has 1 aromatic rings. The first-order chi connectivity index (χ1) is 12.1. The molecule has 0 bridgehead atoms. The summed E-state index contributed by atoms with van der Waals surface area (Å²) in [5.74, 6) is 0.840. The third-order valence-corrected chi connectivity index (χ3v) is 5.36. The highest BCUT2D eigenvalue weighted by Gasteiger charge is 2.34. The number of aliphatic hydroxyl groups excluding tert-OH is 1. The number of nitriles is 1. The van der Waals surface area contributed by atoms with Crippen molar-refractivity contribution in [2.45, 2.75) is 32.6 Å². The van der Waals surface area contributed by atoms with Crippen molar-refractivity contribution in [1.29, 1.82) is 5.26 Å². The van der Waals surface area contributed by atoms with Crippen LogP contribution in [-0.2, 0) is 11.3 Å². The molecule has 2 aliphatic heterocycles. The SMILES string of the molecule is C[C@@H]1CN(C[C@H]2CN(Cc3ccc(C#N)cc3)C[C@H]2CO)C[C@H](C)O1. The predicted molar refractivity (Wildman–Crippen MR) is 96.9 cm³/mol. The van der Waals surface area contributed by atoms with Crippen molar-refractivity contribution in [2.75, 3.05) is 39.3 Å². The largest absolute Gasteiger partial charge is 0.396 e. The molecule has 0 spiro atoms. The number of hydrogen-bond donors (Lipinski definition) is 1. The van der Waals surface area contributed by atoms with Gasteiger partial charge in [-0.15, -0.1) is 0 Å². The first kappa shape index (κ1) is 18.3. The van der Waals surface area contributed by atoms with E-state index in [1.807, 2.05) is 24.3 Å². The summed E-state index contributed by atoms with van der Waals surface area (Å²) >= 11 is 0. The zero-order valence-corrected chi connectivity index (χ0v) is 15.3. The molecule has 3 rings (SSSR count). The van der Waals surface area contributed by atoms with E-state index in [9.17, 15) is 5.11 Å². The van der Waals surface area contributed by atoms with Crippen LogP contribution in [0.3, 0.4) is 0 Å². The van der Waals surface area contributed by atoms with E-state index in [0.717, 1.165) is 39.3 Å². The van der Waals surface area contributed by atoms with Crippen LogP contribution in [0.4, 0.5) is 0 Å². The number of benzene rings is 1. The first-order valence-electron chi connectivity index (χ1n) is 9.27. The second-order valence-corrected chi connectivity index (χ2v) is 7.68. The average molecular weight is 343 g/mol. The molecule has 0 aromatic heterocycles. The lowest BCUT2D eigenvalue weighted by Crippen LogP contribution is -2.48. The van der Waals surface area contributed by atoms with Crippen LogP contribution in [0.25, 0.3) is 0 Å². The van der Waals surface area contributed by atoms with Gasteiger partial charge >= 0.3 is 0 Å². The highest BCUT2D eigenvalue weighted by Crippen LogP contribution is 2.26. The summed E-state index contributed by atoms with van der Waals surface area (Å²) in [7, 11) is 0. The second kappa shape index (κ2) is 8.29. The van der Waals surface area contributed by atoms with Gasteiger partial charge in [0.1, 0.15) is 0 Å². The van der Waals surface area contributed by atoms with Gasteiger partial charge in [0.15, 0.2) is 0 Å². The van der Waals surface area contributed by atoms with Crippen molar-refractivity contribution in [3.05, 3.63) is 35.4 Å². The summed E-state index contributed by atoms with van der Waals surface area (Å²) in [5.41, 5.74) is 1.93. The Morgan fingerprint density at radius 2 is 1.68 bits per heavy atom. The molecule has 0 saturated carbocycles. The molecule has 1 N–H and O–H groups in total. The van der Waals surface area contributed by atoms with Crippen LogP contribution in [0.1, 0.15) is 25.0 Å². The van der Waals surface area contributed by atoms with E-state index in [1.54, 1.807) is 0 Å². The van der Waals surface area contributed by atoms with Crippen LogP contribution in [-0.4, -0.2) is 66.4 Å². The van der Waals surface area contributed by atoms with Crippen LogP contribution in [0.15, 0.2) is 24.3 Å². The fourth-order valence-corrected chi connectivity index (χ4v) is 4.29. The standard InChI is InChI=1S/C20H29N3O2/c1-15-8-22(9-16(2)25-15)11-19-12-23(13-20(19)14-24)10-18-5-3-17(7-21)4-6-18/h3-6,15-16,19-20,24H,8-14H2,1-2H3/t15-,16+,19-,20-/m0/s1. The Kier molecular flexibility index (Phi) is 6.08. The van der Waals surface area contributed by atoms with Gasteiger partial charge in [0.25, 0.3) is 0 Å². The van der Waals surface area contributed by atoms with Gasteiger partial charge in [-0.2, -0.15) is 5.26 Å². The summed E-state index contributed by atoms with van der Waals surface area (Å²) in [5, 5.41) is 18.7. The van der Waals surface area contributed by atoms with Crippen molar-refractivity contribution < 1.29 is 9.84 Å². The van der Waals surface area contributed by atoms with Gasteiger partial charge in [-0.05, 0) is 43.4 Å². The molecule has 2 heterocycles. The molecule has 0 amide bonds. The number of morpholine rings is 1. The number of likely N-dealkylation sites (tertiary alicyclic amines) is 1. The monoisotopic (exact) mass is 343 g/mol. The minimum Gasteiger partial charge on any atom is -0.396 e. The fraction of sp³-hybridized carbons (Fsp3) is 0.650. The van der Waals surface area contributed by atoms with Crippen molar-refractivity contribution in [1.82, 2.24) is 9.80 Å². The molecule has 2 fully saturated rings. The van der Waals surface area contributed by atoms with Crippen LogP contribution < -0.4 is 0 Å². The highest BCUT2D eigenvalue weighted by molar-refractivity contribution is 5.31. The molecule has 0 radical (unpaired) electrons. The van der Waals surface area contributed by atoms with E-state index in [0.29, 0.717) is 17.4 Å². The highest BCUT2D eigenvalue weighted by atomic mass is 16.5. The molecule has 25 heavy (non-hydrogen) atoms. The Bertz CT molecular complexity index is 588. The van der Waals surface area contributed by atoms with Gasteiger partial charge in [0.05, 0.1) is 23.8 Å². The average Bonchev–Trinajstić information content (AvgIpc) is 2.96.